The van der Waals surface area contributed by atoms with Crippen LogP contribution < -0.4 is 20.8 Å². The fourth-order valence-electron chi connectivity index (χ4n) is 4.43. The first-order valence-electron chi connectivity index (χ1n) is 11.2. The Kier molecular flexibility index (Phi) is 6.45. The van der Waals surface area contributed by atoms with E-state index in [4.69, 9.17) is 20.0 Å². The van der Waals surface area contributed by atoms with Gasteiger partial charge in [-0.25, -0.2) is 0 Å². The van der Waals surface area contributed by atoms with Crippen LogP contribution in [0.1, 0.15) is 25.3 Å². The van der Waals surface area contributed by atoms with Gasteiger partial charge in [-0.3, -0.25) is 9.59 Å². The summed E-state index contributed by atoms with van der Waals surface area (Å²) in [4.78, 5) is 25.2. The summed E-state index contributed by atoms with van der Waals surface area (Å²) in [6.45, 7) is 5.45. The van der Waals surface area contributed by atoms with Gasteiger partial charge < -0.3 is 24.9 Å². The van der Waals surface area contributed by atoms with Crippen LogP contribution in [-0.4, -0.2) is 31.3 Å². The van der Waals surface area contributed by atoms with E-state index in [9.17, 15) is 9.59 Å². The number of nitrogens with two attached hydrogens (primary N) is 1. The van der Waals surface area contributed by atoms with Gasteiger partial charge >= 0.3 is 5.97 Å². The second kappa shape index (κ2) is 9.47. The molecule has 0 aromatic heterocycles. The fourth-order valence-corrected chi connectivity index (χ4v) is 4.43. The number of carboxylic acids is 1. The highest BCUT2D eigenvalue weighted by atomic mass is 16.5. The van der Waals surface area contributed by atoms with E-state index >= 15 is 0 Å². The third kappa shape index (κ3) is 4.41. The molecular weight excluding hydrogens is 432 g/mol. The van der Waals surface area contributed by atoms with Crippen LogP contribution in [0.4, 0.5) is 11.4 Å². The van der Waals surface area contributed by atoms with Gasteiger partial charge in [0.2, 0.25) is 0 Å². The zero-order valence-corrected chi connectivity index (χ0v) is 19.6. The minimum Gasteiger partial charge on any atom is -0.496 e. The van der Waals surface area contributed by atoms with Crippen molar-refractivity contribution in [3.63, 3.8) is 0 Å². The monoisotopic (exact) mass is 460 g/mol. The molecule has 0 saturated carbocycles. The number of fused-ring (bicyclic) bond motifs is 2. The molecule has 1 aliphatic heterocycles. The SMILES string of the molecule is CCN(CCCC(=O)O)c1cc(OC)c(-c2c3ccc(=O)cc-3oc3cc(N)ccc23)cc1C. The Bertz CT molecular complexity index is 1390. The Balaban J connectivity index is 1.92. The number of ether oxygens (including phenoxy) is 1. The van der Waals surface area contributed by atoms with Crippen molar-refractivity contribution < 1.29 is 19.1 Å². The highest BCUT2D eigenvalue weighted by molar-refractivity contribution is 6.04. The van der Waals surface area contributed by atoms with Crippen molar-refractivity contribution in [1.82, 2.24) is 0 Å². The van der Waals surface area contributed by atoms with Crippen LogP contribution in [0.5, 0.6) is 5.75 Å². The van der Waals surface area contributed by atoms with Crippen LogP contribution >= 0.6 is 0 Å². The lowest BCUT2D eigenvalue weighted by Gasteiger charge is -2.27. The highest BCUT2D eigenvalue weighted by Crippen LogP contribution is 2.45. The Hall–Kier alpha value is -4.00. The van der Waals surface area contributed by atoms with Gasteiger partial charge in [-0.2, -0.15) is 0 Å². The molecule has 2 aromatic rings. The largest absolute Gasteiger partial charge is 0.496 e. The van der Waals surface area contributed by atoms with Gasteiger partial charge in [0.1, 0.15) is 17.1 Å². The molecule has 0 spiro atoms. The molecular formula is C27H28N2O5. The van der Waals surface area contributed by atoms with E-state index in [1.807, 2.05) is 32.0 Å². The molecule has 1 heterocycles. The van der Waals surface area contributed by atoms with Gasteiger partial charge in [-0.05, 0) is 56.2 Å². The lowest BCUT2D eigenvalue weighted by atomic mass is 9.91. The molecule has 7 nitrogen and oxygen atoms in total. The quantitative estimate of drug-likeness (QED) is 0.276. The summed E-state index contributed by atoms with van der Waals surface area (Å²) in [6, 6.07) is 14.4. The first-order valence-corrected chi connectivity index (χ1v) is 11.2. The standard InChI is InChI=1S/C27H28N2O5/c1-4-29(11-5-6-26(31)32)22-15-23(33-3)21(12-16(22)2)27-19-9-7-17(28)13-24(19)34-25-14-18(30)8-10-20(25)27/h7-10,12-15H,4-6,11,28H2,1-3H3,(H,31,32). The first-order chi connectivity index (χ1) is 16.3. The third-order valence-electron chi connectivity index (χ3n) is 6.05. The lowest BCUT2D eigenvalue weighted by Crippen LogP contribution is -2.25. The molecule has 1 aliphatic carbocycles. The van der Waals surface area contributed by atoms with Crippen LogP contribution in [-0.2, 0) is 4.79 Å². The normalized spacial score (nSPS) is 11.1. The second-order valence-electron chi connectivity index (χ2n) is 8.31. The highest BCUT2D eigenvalue weighted by Gasteiger charge is 2.22. The molecule has 176 valence electrons. The Morgan fingerprint density at radius 2 is 1.91 bits per heavy atom. The van der Waals surface area contributed by atoms with Gasteiger partial charge in [0.15, 0.2) is 5.43 Å². The van der Waals surface area contributed by atoms with E-state index in [2.05, 4.69) is 11.0 Å². The lowest BCUT2D eigenvalue weighted by molar-refractivity contribution is -0.137. The van der Waals surface area contributed by atoms with Crippen LogP contribution in [0.25, 0.3) is 33.4 Å². The number of benzene rings is 3. The molecule has 34 heavy (non-hydrogen) atoms. The number of carbonyl (C=O) groups is 1. The summed E-state index contributed by atoms with van der Waals surface area (Å²) in [7, 11) is 1.63. The minimum atomic E-state index is -0.796. The molecule has 0 amide bonds. The summed E-state index contributed by atoms with van der Waals surface area (Å²) in [6.07, 6.45) is 0.683. The van der Waals surface area contributed by atoms with Crippen molar-refractivity contribution in [3.8, 4) is 28.2 Å². The van der Waals surface area contributed by atoms with Gasteiger partial charge in [-0.15, -0.1) is 0 Å². The summed E-state index contributed by atoms with van der Waals surface area (Å²) < 4.78 is 11.9. The summed E-state index contributed by atoms with van der Waals surface area (Å²) in [5.41, 5.74) is 11.6. The molecule has 7 heteroatoms. The Labute approximate surface area is 197 Å². The number of aryl methyl sites for hydroxylation is 1. The molecule has 0 unspecified atom stereocenters. The number of anilines is 2. The van der Waals surface area contributed by atoms with E-state index in [0.717, 1.165) is 39.9 Å². The number of methoxy groups -OCH3 is 1. The number of nitrogens with zero attached hydrogens (tertiary/aromatic N) is 1. The van der Waals surface area contributed by atoms with Crippen LogP contribution in [0.3, 0.4) is 0 Å². The fraction of sp³-hybridized carbons (Fsp3) is 0.259. The molecule has 0 atom stereocenters. The third-order valence-corrected chi connectivity index (χ3v) is 6.05. The van der Waals surface area contributed by atoms with Gasteiger partial charge in [0.05, 0.1) is 7.11 Å². The van der Waals surface area contributed by atoms with Crippen molar-refractivity contribution in [2.75, 3.05) is 30.8 Å². The molecule has 2 aromatic carbocycles. The molecule has 4 rings (SSSR count). The molecule has 0 radical (unpaired) electrons. The van der Waals surface area contributed by atoms with E-state index in [1.54, 1.807) is 19.2 Å². The van der Waals surface area contributed by atoms with Crippen LogP contribution in [0, 0.1) is 6.92 Å². The Morgan fingerprint density at radius 3 is 2.62 bits per heavy atom. The maximum absolute atomic E-state index is 12.0. The summed E-state index contributed by atoms with van der Waals surface area (Å²) in [5, 5.41) is 9.86. The summed E-state index contributed by atoms with van der Waals surface area (Å²) >= 11 is 0. The smallest absolute Gasteiger partial charge is 0.303 e. The predicted molar refractivity (Wildman–Crippen MR) is 135 cm³/mol. The zero-order valence-electron chi connectivity index (χ0n) is 19.6. The van der Waals surface area contributed by atoms with Gasteiger partial charge in [-0.1, -0.05) is 0 Å². The van der Waals surface area contributed by atoms with E-state index in [0.29, 0.717) is 35.7 Å². The maximum Gasteiger partial charge on any atom is 0.303 e. The molecule has 0 saturated heterocycles. The van der Waals surface area contributed by atoms with Crippen molar-refractivity contribution in [2.24, 2.45) is 0 Å². The average molecular weight is 461 g/mol. The number of rotatable bonds is 8. The van der Waals surface area contributed by atoms with E-state index in [1.165, 1.54) is 12.1 Å². The molecule has 0 bridgehead atoms. The number of nitrogen functional groups attached to an aromatic ring is 1. The van der Waals surface area contributed by atoms with Crippen LogP contribution in [0.2, 0.25) is 0 Å². The summed E-state index contributed by atoms with van der Waals surface area (Å²) in [5.74, 6) is 0.359. The zero-order chi connectivity index (χ0) is 24.4. The Morgan fingerprint density at radius 1 is 1.12 bits per heavy atom. The van der Waals surface area contributed by atoms with Crippen molar-refractivity contribution >= 4 is 28.3 Å². The molecule has 3 N–H and O–H groups in total. The van der Waals surface area contributed by atoms with Gasteiger partial charge in [0, 0.05) is 71.2 Å². The first kappa shape index (κ1) is 23.2. The van der Waals surface area contributed by atoms with Crippen LogP contribution in [0.15, 0.2) is 57.7 Å². The van der Waals surface area contributed by atoms with Crippen molar-refractivity contribution in [2.45, 2.75) is 26.7 Å². The number of aliphatic carboxylic acids is 1. The van der Waals surface area contributed by atoms with Crippen molar-refractivity contribution in [3.05, 3.63) is 64.3 Å². The number of hydrogen-bond acceptors (Lipinski definition) is 6. The second-order valence-corrected chi connectivity index (χ2v) is 8.31. The average Bonchev–Trinajstić information content (AvgIpc) is 2.80. The number of hydrogen-bond donors (Lipinski definition) is 2. The molecule has 0 fully saturated rings. The van der Waals surface area contributed by atoms with E-state index in [-0.39, 0.29) is 11.8 Å². The van der Waals surface area contributed by atoms with Crippen molar-refractivity contribution in [1.29, 1.82) is 0 Å². The number of carboxylic acid groups (broad SMARTS) is 1. The minimum absolute atomic E-state index is 0.126. The maximum atomic E-state index is 12.0. The molecule has 2 aliphatic rings. The predicted octanol–water partition coefficient (Wildman–Crippen LogP) is 5.16. The van der Waals surface area contributed by atoms with E-state index < -0.39 is 5.97 Å². The van der Waals surface area contributed by atoms with Gasteiger partial charge in [0.25, 0.3) is 0 Å². The topological polar surface area (TPSA) is 106 Å².